The summed E-state index contributed by atoms with van der Waals surface area (Å²) in [4.78, 5) is 4.56. The van der Waals surface area contributed by atoms with Gasteiger partial charge in [-0.2, -0.15) is 0 Å². The van der Waals surface area contributed by atoms with Crippen molar-refractivity contribution < 1.29 is 4.52 Å². The summed E-state index contributed by atoms with van der Waals surface area (Å²) >= 11 is 0. The van der Waals surface area contributed by atoms with Crippen LogP contribution in [-0.2, 0) is 6.54 Å². The first-order chi connectivity index (χ1) is 8.66. The molecule has 92 valence electrons. The van der Waals surface area contributed by atoms with Gasteiger partial charge in [0.2, 0.25) is 0 Å². The Morgan fingerprint density at radius 1 is 1.17 bits per heavy atom. The fraction of sp³-hybridized carbons (Fsp3) is 0.286. The van der Waals surface area contributed by atoms with Crippen molar-refractivity contribution in [1.82, 2.24) is 14.7 Å². The number of benzene rings is 1. The maximum absolute atomic E-state index is 5.21. The molecular formula is C14H15N3O. The second-order valence-corrected chi connectivity index (χ2v) is 4.54. The fourth-order valence-electron chi connectivity index (χ4n) is 2.28. The van der Waals surface area contributed by atoms with Crippen LogP contribution in [0, 0.1) is 20.8 Å². The quantitative estimate of drug-likeness (QED) is 0.692. The summed E-state index contributed by atoms with van der Waals surface area (Å²) in [5, 5.41) is 4.00. The highest BCUT2D eigenvalue weighted by molar-refractivity contribution is 5.75. The standard InChI is InChI=1S/C14H15N3O/c1-9-12(10(2)18-16-9)8-17-11(3)15-13-6-4-5-7-14(13)17/h4-7H,8H2,1-3H3. The molecule has 18 heavy (non-hydrogen) atoms. The minimum Gasteiger partial charge on any atom is -0.361 e. The third-order valence-electron chi connectivity index (χ3n) is 3.34. The van der Waals surface area contributed by atoms with Crippen LogP contribution < -0.4 is 0 Å². The Balaban J connectivity index is 2.13. The topological polar surface area (TPSA) is 43.9 Å². The van der Waals surface area contributed by atoms with E-state index in [1.807, 2.05) is 39.0 Å². The van der Waals surface area contributed by atoms with Gasteiger partial charge < -0.3 is 9.09 Å². The van der Waals surface area contributed by atoms with Crippen molar-refractivity contribution in [2.75, 3.05) is 0 Å². The number of para-hydroxylation sites is 2. The van der Waals surface area contributed by atoms with E-state index in [1.165, 1.54) is 0 Å². The highest BCUT2D eigenvalue weighted by Crippen LogP contribution is 2.20. The van der Waals surface area contributed by atoms with Gasteiger partial charge >= 0.3 is 0 Å². The van der Waals surface area contributed by atoms with Crippen LogP contribution in [-0.4, -0.2) is 14.7 Å². The molecule has 4 nitrogen and oxygen atoms in total. The van der Waals surface area contributed by atoms with E-state index in [9.17, 15) is 0 Å². The summed E-state index contributed by atoms with van der Waals surface area (Å²) in [6.45, 7) is 6.70. The maximum Gasteiger partial charge on any atom is 0.138 e. The van der Waals surface area contributed by atoms with Crippen molar-refractivity contribution in [1.29, 1.82) is 0 Å². The van der Waals surface area contributed by atoms with Crippen molar-refractivity contribution in [3.63, 3.8) is 0 Å². The van der Waals surface area contributed by atoms with Gasteiger partial charge in [-0.25, -0.2) is 4.98 Å². The zero-order valence-electron chi connectivity index (χ0n) is 10.8. The first kappa shape index (κ1) is 11.0. The first-order valence-corrected chi connectivity index (χ1v) is 6.00. The number of nitrogens with zero attached hydrogens (tertiary/aromatic N) is 3. The maximum atomic E-state index is 5.21. The molecule has 0 aliphatic carbocycles. The Hall–Kier alpha value is -2.10. The molecule has 0 spiro atoms. The molecule has 0 saturated carbocycles. The molecule has 0 aliphatic heterocycles. The lowest BCUT2D eigenvalue weighted by atomic mass is 10.2. The van der Waals surface area contributed by atoms with E-state index in [1.54, 1.807) is 0 Å². The van der Waals surface area contributed by atoms with Crippen molar-refractivity contribution in [2.24, 2.45) is 0 Å². The Morgan fingerprint density at radius 2 is 1.94 bits per heavy atom. The number of rotatable bonds is 2. The van der Waals surface area contributed by atoms with E-state index in [2.05, 4.69) is 20.8 Å². The van der Waals surface area contributed by atoms with Crippen LogP contribution >= 0.6 is 0 Å². The molecule has 0 unspecified atom stereocenters. The average Bonchev–Trinajstić information content (AvgIpc) is 2.84. The van der Waals surface area contributed by atoms with Gasteiger partial charge in [-0.15, -0.1) is 0 Å². The van der Waals surface area contributed by atoms with Gasteiger partial charge in [-0.05, 0) is 32.9 Å². The molecule has 2 heterocycles. The predicted molar refractivity (Wildman–Crippen MR) is 69.5 cm³/mol. The summed E-state index contributed by atoms with van der Waals surface area (Å²) in [6, 6.07) is 8.17. The van der Waals surface area contributed by atoms with E-state index in [0.717, 1.165) is 40.4 Å². The molecule has 2 aromatic heterocycles. The lowest BCUT2D eigenvalue weighted by molar-refractivity contribution is 0.392. The van der Waals surface area contributed by atoms with E-state index >= 15 is 0 Å². The largest absolute Gasteiger partial charge is 0.361 e. The van der Waals surface area contributed by atoms with Crippen molar-refractivity contribution in [3.05, 3.63) is 47.1 Å². The first-order valence-electron chi connectivity index (χ1n) is 6.00. The zero-order valence-corrected chi connectivity index (χ0v) is 10.8. The molecule has 0 saturated heterocycles. The van der Waals surface area contributed by atoms with E-state index in [4.69, 9.17) is 4.52 Å². The summed E-state index contributed by atoms with van der Waals surface area (Å²) in [7, 11) is 0. The smallest absolute Gasteiger partial charge is 0.138 e. The fourth-order valence-corrected chi connectivity index (χ4v) is 2.28. The SMILES string of the molecule is Cc1noc(C)c1Cn1c(C)nc2ccccc21. The number of imidazole rings is 1. The van der Waals surface area contributed by atoms with Gasteiger partial charge in [-0.1, -0.05) is 17.3 Å². The Labute approximate surface area is 105 Å². The van der Waals surface area contributed by atoms with Crippen molar-refractivity contribution in [3.8, 4) is 0 Å². The third-order valence-corrected chi connectivity index (χ3v) is 3.34. The van der Waals surface area contributed by atoms with Gasteiger partial charge in [0.25, 0.3) is 0 Å². The van der Waals surface area contributed by atoms with Crippen LogP contribution in [0.4, 0.5) is 0 Å². The molecule has 4 heteroatoms. The zero-order chi connectivity index (χ0) is 12.7. The lowest BCUT2D eigenvalue weighted by Gasteiger charge is -2.06. The molecule has 0 fully saturated rings. The molecule has 1 aromatic carbocycles. The molecule has 3 aromatic rings. The number of aryl methyl sites for hydroxylation is 3. The Bertz CT molecular complexity index is 689. The van der Waals surface area contributed by atoms with Crippen LogP contribution in [0.3, 0.4) is 0 Å². The molecule has 3 rings (SSSR count). The van der Waals surface area contributed by atoms with Crippen LogP contribution in [0.5, 0.6) is 0 Å². The normalized spacial score (nSPS) is 11.3. The molecule has 0 aliphatic rings. The van der Waals surface area contributed by atoms with Crippen molar-refractivity contribution >= 4 is 11.0 Å². The second kappa shape index (κ2) is 3.98. The predicted octanol–water partition coefficient (Wildman–Crippen LogP) is 3.00. The number of hydrogen-bond donors (Lipinski definition) is 0. The van der Waals surface area contributed by atoms with Gasteiger partial charge in [0, 0.05) is 5.56 Å². The summed E-state index contributed by atoms with van der Waals surface area (Å²) in [5.41, 5.74) is 4.27. The van der Waals surface area contributed by atoms with Crippen molar-refractivity contribution in [2.45, 2.75) is 27.3 Å². The molecular weight excluding hydrogens is 226 g/mol. The molecule has 0 bridgehead atoms. The van der Waals surface area contributed by atoms with Crippen LogP contribution in [0.1, 0.15) is 22.8 Å². The number of aromatic nitrogens is 3. The average molecular weight is 241 g/mol. The lowest BCUT2D eigenvalue weighted by Crippen LogP contribution is -2.03. The molecule has 0 radical (unpaired) electrons. The highest BCUT2D eigenvalue weighted by atomic mass is 16.5. The summed E-state index contributed by atoms with van der Waals surface area (Å²) in [6.07, 6.45) is 0. The summed E-state index contributed by atoms with van der Waals surface area (Å²) < 4.78 is 7.41. The second-order valence-electron chi connectivity index (χ2n) is 4.54. The molecule has 0 N–H and O–H groups in total. The van der Waals surface area contributed by atoms with Gasteiger partial charge in [-0.3, -0.25) is 0 Å². The van der Waals surface area contributed by atoms with Crippen LogP contribution in [0.2, 0.25) is 0 Å². The van der Waals surface area contributed by atoms with Gasteiger partial charge in [0.15, 0.2) is 0 Å². The molecule has 0 amide bonds. The summed E-state index contributed by atoms with van der Waals surface area (Å²) in [5.74, 6) is 1.89. The van der Waals surface area contributed by atoms with E-state index < -0.39 is 0 Å². The minimum atomic E-state index is 0.757. The minimum absolute atomic E-state index is 0.757. The molecule has 0 atom stereocenters. The monoisotopic (exact) mass is 241 g/mol. The van der Waals surface area contributed by atoms with Crippen LogP contribution in [0.25, 0.3) is 11.0 Å². The van der Waals surface area contributed by atoms with Gasteiger partial charge in [0.05, 0.1) is 23.3 Å². The highest BCUT2D eigenvalue weighted by Gasteiger charge is 2.13. The van der Waals surface area contributed by atoms with E-state index in [-0.39, 0.29) is 0 Å². The Kier molecular flexibility index (Phi) is 2.44. The number of fused-ring (bicyclic) bond motifs is 1. The Morgan fingerprint density at radius 3 is 2.67 bits per heavy atom. The van der Waals surface area contributed by atoms with Crippen LogP contribution in [0.15, 0.2) is 28.8 Å². The third kappa shape index (κ3) is 1.61. The number of hydrogen-bond acceptors (Lipinski definition) is 3. The van der Waals surface area contributed by atoms with Gasteiger partial charge in [0.1, 0.15) is 11.6 Å². The van der Waals surface area contributed by atoms with E-state index in [0.29, 0.717) is 0 Å².